The van der Waals surface area contributed by atoms with Gasteiger partial charge in [0.05, 0.1) is 0 Å². The monoisotopic (exact) mass is 246 g/mol. The van der Waals surface area contributed by atoms with Gasteiger partial charge in [0, 0.05) is 12.2 Å². The van der Waals surface area contributed by atoms with Gasteiger partial charge in [0.1, 0.15) is 0 Å². The summed E-state index contributed by atoms with van der Waals surface area (Å²) in [4.78, 5) is 20.9. The van der Waals surface area contributed by atoms with Crippen LogP contribution in [0.1, 0.15) is 22.3 Å². The van der Waals surface area contributed by atoms with Crippen molar-refractivity contribution in [3.8, 4) is 0 Å². The van der Waals surface area contributed by atoms with E-state index in [4.69, 9.17) is 10.2 Å². The van der Waals surface area contributed by atoms with Gasteiger partial charge in [-0.2, -0.15) is 0 Å². The van der Waals surface area contributed by atoms with E-state index >= 15 is 0 Å². The van der Waals surface area contributed by atoms with Crippen molar-refractivity contribution in [2.75, 3.05) is 0 Å². The number of hydrogen-bond donors (Lipinski definition) is 2. The molecule has 0 saturated carbocycles. The molecular weight excluding hydrogens is 232 g/mol. The zero-order valence-corrected chi connectivity index (χ0v) is 10.2. The van der Waals surface area contributed by atoms with Crippen molar-refractivity contribution in [3.05, 3.63) is 46.5 Å². The first-order chi connectivity index (χ1) is 8.41. The van der Waals surface area contributed by atoms with E-state index in [1.807, 2.05) is 13.8 Å². The molecule has 0 aliphatic rings. The van der Waals surface area contributed by atoms with Crippen LogP contribution in [0.5, 0.6) is 0 Å². The van der Waals surface area contributed by atoms with Gasteiger partial charge in [-0.05, 0) is 48.3 Å². The van der Waals surface area contributed by atoms with Crippen LogP contribution < -0.4 is 0 Å². The van der Waals surface area contributed by atoms with Crippen LogP contribution in [0.25, 0.3) is 12.2 Å². The summed E-state index contributed by atoms with van der Waals surface area (Å²) < 4.78 is 0. The highest BCUT2D eigenvalue weighted by Crippen LogP contribution is 2.20. The smallest absolute Gasteiger partial charge is 0.328 e. The zero-order chi connectivity index (χ0) is 13.7. The summed E-state index contributed by atoms with van der Waals surface area (Å²) in [6.45, 7) is 3.74. The molecule has 0 aliphatic carbocycles. The number of carbonyl (C=O) groups is 2. The summed E-state index contributed by atoms with van der Waals surface area (Å²) in [7, 11) is 0. The van der Waals surface area contributed by atoms with Crippen LogP contribution in [0.4, 0.5) is 0 Å². The zero-order valence-electron chi connectivity index (χ0n) is 10.2. The first kappa shape index (κ1) is 13.7. The maximum atomic E-state index is 10.5. The summed E-state index contributed by atoms with van der Waals surface area (Å²) in [6.07, 6.45) is 5.20. The van der Waals surface area contributed by atoms with Crippen molar-refractivity contribution >= 4 is 24.1 Å². The molecule has 0 amide bonds. The lowest BCUT2D eigenvalue weighted by atomic mass is 9.97. The lowest BCUT2D eigenvalue weighted by Crippen LogP contribution is -1.93. The lowest BCUT2D eigenvalue weighted by Gasteiger charge is -2.08. The summed E-state index contributed by atoms with van der Waals surface area (Å²) in [5.74, 6) is -2.00. The number of rotatable bonds is 4. The first-order valence-corrected chi connectivity index (χ1v) is 5.34. The molecule has 0 unspecified atom stereocenters. The maximum Gasteiger partial charge on any atom is 0.328 e. The summed E-state index contributed by atoms with van der Waals surface area (Å²) in [5.41, 5.74) is 3.48. The van der Waals surface area contributed by atoms with Crippen molar-refractivity contribution in [2.24, 2.45) is 0 Å². The van der Waals surface area contributed by atoms with E-state index in [-0.39, 0.29) is 0 Å². The van der Waals surface area contributed by atoms with E-state index in [0.717, 1.165) is 34.4 Å². The number of aliphatic carboxylic acids is 2. The highest BCUT2D eigenvalue weighted by atomic mass is 16.4. The van der Waals surface area contributed by atoms with Gasteiger partial charge in [-0.15, -0.1) is 0 Å². The Labute approximate surface area is 105 Å². The maximum absolute atomic E-state index is 10.5. The highest BCUT2D eigenvalue weighted by molar-refractivity contribution is 5.87. The molecule has 0 heterocycles. The van der Waals surface area contributed by atoms with Gasteiger partial charge in [-0.25, -0.2) is 9.59 Å². The number of hydrogen-bond acceptors (Lipinski definition) is 2. The second kappa shape index (κ2) is 5.82. The third-order valence-corrected chi connectivity index (χ3v) is 2.68. The Morgan fingerprint density at radius 3 is 1.50 bits per heavy atom. The molecule has 18 heavy (non-hydrogen) atoms. The average Bonchev–Trinajstić information content (AvgIpc) is 2.29. The van der Waals surface area contributed by atoms with E-state index in [0.29, 0.717) is 0 Å². The van der Waals surface area contributed by atoms with E-state index in [2.05, 4.69) is 0 Å². The van der Waals surface area contributed by atoms with Crippen LogP contribution in [0.15, 0.2) is 24.3 Å². The summed E-state index contributed by atoms with van der Waals surface area (Å²) in [6, 6.07) is 3.53. The minimum atomic E-state index is -0.998. The van der Waals surface area contributed by atoms with Crippen molar-refractivity contribution in [2.45, 2.75) is 13.8 Å². The largest absolute Gasteiger partial charge is 0.478 e. The van der Waals surface area contributed by atoms with Gasteiger partial charge >= 0.3 is 11.9 Å². The predicted molar refractivity (Wildman–Crippen MR) is 69.3 cm³/mol. The van der Waals surface area contributed by atoms with Crippen LogP contribution in [0, 0.1) is 13.8 Å². The third-order valence-electron chi connectivity index (χ3n) is 2.68. The molecule has 0 bridgehead atoms. The van der Waals surface area contributed by atoms with Crippen molar-refractivity contribution in [1.82, 2.24) is 0 Å². The molecule has 94 valence electrons. The Morgan fingerprint density at radius 1 is 0.889 bits per heavy atom. The fourth-order valence-corrected chi connectivity index (χ4v) is 1.55. The van der Waals surface area contributed by atoms with Crippen LogP contribution >= 0.6 is 0 Å². The Morgan fingerprint density at radius 2 is 1.22 bits per heavy atom. The Balaban J connectivity index is 3.13. The van der Waals surface area contributed by atoms with Crippen LogP contribution in [0.3, 0.4) is 0 Å². The normalized spacial score (nSPS) is 11.2. The molecule has 4 nitrogen and oxygen atoms in total. The quantitative estimate of drug-likeness (QED) is 0.800. The average molecular weight is 246 g/mol. The fraction of sp³-hybridized carbons (Fsp3) is 0.143. The molecule has 1 aromatic rings. The molecule has 0 fully saturated rings. The Kier molecular flexibility index (Phi) is 4.43. The second-order valence-electron chi connectivity index (χ2n) is 3.84. The van der Waals surface area contributed by atoms with Crippen molar-refractivity contribution in [3.63, 3.8) is 0 Å². The van der Waals surface area contributed by atoms with Gasteiger partial charge < -0.3 is 10.2 Å². The molecule has 1 aromatic carbocycles. The van der Waals surface area contributed by atoms with Crippen LogP contribution in [-0.4, -0.2) is 22.2 Å². The predicted octanol–water partition coefficient (Wildman–Crippen LogP) is 2.50. The topological polar surface area (TPSA) is 74.6 Å². The number of benzene rings is 1. The van der Waals surface area contributed by atoms with Gasteiger partial charge in [-0.3, -0.25) is 0 Å². The SMILES string of the molecule is Cc1c(C=CC(=O)O)ccc(C=CC(=O)O)c1C. The van der Waals surface area contributed by atoms with E-state index in [1.54, 1.807) is 12.1 Å². The molecule has 0 atom stereocenters. The number of carboxylic acid groups (broad SMARTS) is 2. The molecule has 1 rings (SSSR count). The minimum absolute atomic E-state index is 0.808. The summed E-state index contributed by atoms with van der Waals surface area (Å²) in [5, 5.41) is 17.1. The van der Waals surface area contributed by atoms with Gasteiger partial charge in [0.2, 0.25) is 0 Å². The van der Waals surface area contributed by atoms with E-state index < -0.39 is 11.9 Å². The van der Waals surface area contributed by atoms with Gasteiger partial charge in [0.15, 0.2) is 0 Å². The Bertz CT molecular complexity index is 490. The highest BCUT2D eigenvalue weighted by Gasteiger charge is 2.03. The number of carboxylic acids is 2. The molecule has 0 saturated heterocycles. The first-order valence-electron chi connectivity index (χ1n) is 5.34. The van der Waals surface area contributed by atoms with E-state index in [9.17, 15) is 9.59 Å². The molecule has 0 radical (unpaired) electrons. The molecule has 4 heteroatoms. The second-order valence-corrected chi connectivity index (χ2v) is 3.84. The Hall–Kier alpha value is -2.36. The van der Waals surface area contributed by atoms with Gasteiger partial charge in [0.25, 0.3) is 0 Å². The summed E-state index contributed by atoms with van der Waals surface area (Å²) >= 11 is 0. The molecule has 2 N–H and O–H groups in total. The van der Waals surface area contributed by atoms with Crippen molar-refractivity contribution in [1.29, 1.82) is 0 Å². The van der Waals surface area contributed by atoms with Crippen LogP contribution in [-0.2, 0) is 9.59 Å². The van der Waals surface area contributed by atoms with Crippen molar-refractivity contribution < 1.29 is 19.8 Å². The molecule has 0 aromatic heterocycles. The van der Waals surface area contributed by atoms with Gasteiger partial charge in [-0.1, -0.05) is 12.1 Å². The third kappa shape index (κ3) is 3.59. The lowest BCUT2D eigenvalue weighted by molar-refractivity contribution is -0.132. The minimum Gasteiger partial charge on any atom is -0.478 e. The molecule has 0 spiro atoms. The molecule has 0 aliphatic heterocycles. The molecular formula is C14H14O4. The fourth-order valence-electron chi connectivity index (χ4n) is 1.55. The van der Waals surface area contributed by atoms with E-state index in [1.165, 1.54) is 12.2 Å². The standard InChI is InChI=1S/C14H14O4/c1-9-10(2)12(6-8-14(17)18)4-3-11(9)5-7-13(15)16/h3-8H,1-2H3,(H,15,16)(H,17,18). The van der Waals surface area contributed by atoms with Crippen LogP contribution in [0.2, 0.25) is 0 Å².